The molecule has 192 valence electrons. The van der Waals surface area contributed by atoms with Crippen molar-refractivity contribution >= 4 is 69.4 Å². The van der Waals surface area contributed by atoms with Gasteiger partial charge in [-0.25, -0.2) is 0 Å². The number of amides is 1. The SMILES string of the molecule is CCCCCCCCCCCCCC(=O)N[C@@H](NC(=S)Nc1ccc([N+](=O)[O-])cc1)C(Cl)(Cl)Cl. The molecule has 1 aromatic rings. The molecular weight excluding hydrogens is 519 g/mol. The van der Waals surface area contributed by atoms with Crippen molar-refractivity contribution < 1.29 is 9.72 Å². The second-order valence-corrected chi connectivity index (χ2v) is 11.0. The molecule has 0 aliphatic heterocycles. The van der Waals surface area contributed by atoms with Crippen LogP contribution in [-0.2, 0) is 4.79 Å². The van der Waals surface area contributed by atoms with E-state index in [0.717, 1.165) is 19.3 Å². The van der Waals surface area contributed by atoms with Crippen LogP contribution < -0.4 is 16.0 Å². The summed E-state index contributed by atoms with van der Waals surface area (Å²) in [6, 6.07) is 5.68. The highest BCUT2D eigenvalue weighted by Gasteiger charge is 2.34. The number of hydrogen-bond donors (Lipinski definition) is 3. The van der Waals surface area contributed by atoms with Gasteiger partial charge in [-0.2, -0.15) is 0 Å². The number of halogens is 3. The Kier molecular flexibility index (Phi) is 15.5. The maximum Gasteiger partial charge on any atom is 0.269 e. The van der Waals surface area contributed by atoms with Gasteiger partial charge in [0.05, 0.1) is 4.92 Å². The van der Waals surface area contributed by atoms with E-state index in [1.807, 2.05) is 0 Å². The zero-order chi connectivity index (χ0) is 25.4. The van der Waals surface area contributed by atoms with E-state index in [4.69, 9.17) is 47.0 Å². The van der Waals surface area contributed by atoms with Crippen LogP contribution in [0.1, 0.15) is 84.0 Å². The smallest absolute Gasteiger partial charge is 0.269 e. The van der Waals surface area contributed by atoms with Crippen LogP contribution in [0.15, 0.2) is 24.3 Å². The monoisotopic (exact) mass is 552 g/mol. The van der Waals surface area contributed by atoms with Gasteiger partial charge in [-0.05, 0) is 30.8 Å². The first kappa shape index (κ1) is 30.7. The van der Waals surface area contributed by atoms with Crippen LogP contribution in [0, 0.1) is 10.1 Å². The molecule has 34 heavy (non-hydrogen) atoms. The van der Waals surface area contributed by atoms with Gasteiger partial charge >= 0.3 is 0 Å². The van der Waals surface area contributed by atoms with Crippen molar-refractivity contribution in [3.05, 3.63) is 34.4 Å². The van der Waals surface area contributed by atoms with E-state index in [1.165, 1.54) is 75.6 Å². The second-order valence-electron chi connectivity index (χ2n) is 8.23. The molecule has 0 unspecified atom stereocenters. The van der Waals surface area contributed by atoms with Crippen molar-refractivity contribution in [1.82, 2.24) is 10.6 Å². The molecule has 0 spiro atoms. The fourth-order valence-electron chi connectivity index (χ4n) is 3.35. The van der Waals surface area contributed by atoms with Crippen LogP contribution in [0.3, 0.4) is 0 Å². The van der Waals surface area contributed by atoms with Crippen LogP contribution in [0.25, 0.3) is 0 Å². The topological polar surface area (TPSA) is 96.3 Å². The van der Waals surface area contributed by atoms with Crippen molar-refractivity contribution in [3.63, 3.8) is 0 Å². The third-order valence-corrected chi connectivity index (χ3v) is 6.13. The number of nitrogens with zero attached hydrogens (tertiary/aromatic N) is 1. The number of carbonyl (C=O) groups is 1. The first-order valence-corrected chi connectivity index (χ1v) is 13.4. The molecule has 0 aliphatic carbocycles. The van der Waals surface area contributed by atoms with E-state index in [9.17, 15) is 14.9 Å². The Bertz CT molecular complexity index is 761. The van der Waals surface area contributed by atoms with Crippen LogP contribution in [0.5, 0.6) is 0 Å². The van der Waals surface area contributed by atoms with Gasteiger partial charge in [0.1, 0.15) is 6.17 Å². The van der Waals surface area contributed by atoms with Gasteiger partial charge in [0.15, 0.2) is 5.11 Å². The lowest BCUT2D eigenvalue weighted by Gasteiger charge is -2.27. The summed E-state index contributed by atoms with van der Waals surface area (Å²) < 4.78 is -1.84. The number of benzene rings is 1. The predicted octanol–water partition coefficient (Wildman–Crippen LogP) is 7.39. The minimum atomic E-state index is -1.84. The van der Waals surface area contributed by atoms with Crippen molar-refractivity contribution in [2.24, 2.45) is 0 Å². The molecule has 0 aromatic heterocycles. The highest BCUT2D eigenvalue weighted by molar-refractivity contribution is 7.80. The minimum Gasteiger partial charge on any atom is -0.339 e. The van der Waals surface area contributed by atoms with Gasteiger partial charge in [0.2, 0.25) is 9.70 Å². The zero-order valence-electron chi connectivity index (χ0n) is 19.6. The third kappa shape index (κ3) is 14.1. The highest BCUT2D eigenvalue weighted by atomic mass is 35.6. The molecule has 0 radical (unpaired) electrons. The van der Waals surface area contributed by atoms with Crippen molar-refractivity contribution in [1.29, 1.82) is 0 Å². The van der Waals surface area contributed by atoms with E-state index in [2.05, 4.69) is 22.9 Å². The fraction of sp³-hybridized carbons (Fsp3) is 0.652. The van der Waals surface area contributed by atoms with Crippen molar-refractivity contribution in [2.75, 3.05) is 5.32 Å². The number of nitro groups is 1. The van der Waals surface area contributed by atoms with Gasteiger partial charge in [-0.1, -0.05) is 106 Å². The van der Waals surface area contributed by atoms with Gasteiger partial charge < -0.3 is 16.0 Å². The molecule has 0 heterocycles. The van der Waals surface area contributed by atoms with Gasteiger partial charge in [-0.15, -0.1) is 0 Å². The Labute approximate surface area is 222 Å². The average molecular weight is 554 g/mol. The van der Waals surface area contributed by atoms with Crippen LogP contribution in [-0.4, -0.2) is 25.9 Å². The van der Waals surface area contributed by atoms with E-state index < -0.39 is 14.9 Å². The Morgan fingerprint density at radius 3 is 1.91 bits per heavy atom. The Balaban J connectivity index is 2.31. The summed E-state index contributed by atoms with van der Waals surface area (Å²) in [7, 11) is 0. The largest absolute Gasteiger partial charge is 0.339 e. The lowest BCUT2D eigenvalue weighted by atomic mass is 10.1. The number of non-ortho nitro benzene ring substituents is 1. The number of carbonyl (C=O) groups excluding carboxylic acids is 1. The molecule has 11 heteroatoms. The molecular formula is C23H35Cl3N4O3S. The van der Waals surface area contributed by atoms with E-state index >= 15 is 0 Å². The lowest BCUT2D eigenvalue weighted by Crippen LogP contribution is -2.56. The summed E-state index contributed by atoms with van der Waals surface area (Å²) in [5.41, 5.74) is 0.469. The number of unbranched alkanes of at least 4 members (excludes halogenated alkanes) is 10. The highest BCUT2D eigenvalue weighted by Crippen LogP contribution is 2.29. The predicted molar refractivity (Wildman–Crippen MR) is 146 cm³/mol. The normalized spacial score (nSPS) is 12.1. The molecule has 1 amide bonds. The molecule has 1 atom stereocenters. The second kappa shape index (κ2) is 17.1. The van der Waals surface area contributed by atoms with Crippen LogP contribution in [0.2, 0.25) is 0 Å². The summed E-state index contributed by atoms with van der Waals surface area (Å²) in [5, 5.41) is 19.1. The lowest BCUT2D eigenvalue weighted by molar-refractivity contribution is -0.384. The van der Waals surface area contributed by atoms with Crippen molar-refractivity contribution in [2.45, 2.75) is 93.9 Å². The summed E-state index contributed by atoms with van der Waals surface area (Å²) in [5.74, 6) is -0.238. The molecule has 0 bridgehead atoms. The number of nitro benzene ring substituents is 1. The van der Waals surface area contributed by atoms with Gasteiger partial charge in [-0.3, -0.25) is 14.9 Å². The standard InChI is InChI=1S/C23H35Cl3N4O3S/c1-2-3-4-5-6-7-8-9-10-11-12-13-20(31)28-21(23(24,25)26)29-22(34)27-18-14-16-19(17-15-18)30(32)33/h14-17,21H,2-13H2,1H3,(H,28,31)(H2,27,29,34)/t21-/m0/s1. The molecule has 7 nitrogen and oxygen atoms in total. The van der Waals surface area contributed by atoms with Crippen molar-refractivity contribution in [3.8, 4) is 0 Å². The first-order chi connectivity index (χ1) is 16.1. The van der Waals surface area contributed by atoms with E-state index in [1.54, 1.807) is 0 Å². The number of hydrogen-bond acceptors (Lipinski definition) is 4. The molecule has 0 saturated carbocycles. The Morgan fingerprint density at radius 1 is 0.941 bits per heavy atom. The summed E-state index contributed by atoms with van der Waals surface area (Å²) in [6.45, 7) is 2.23. The molecule has 1 rings (SSSR count). The molecule has 1 aromatic carbocycles. The Morgan fingerprint density at radius 2 is 1.44 bits per heavy atom. The number of rotatable bonds is 16. The zero-order valence-corrected chi connectivity index (χ0v) is 22.7. The van der Waals surface area contributed by atoms with Crippen LogP contribution >= 0.6 is 47.0 Å². The number of alkyl halides is 3. The number of anilines is 1. The summed E-state index contributed by atoms with van der Waals surface area (Å²) in [6.07, 6.45) is 12.5. The van der Waals surface area contributed by atoms with E-state index in [-0.39, 0.29) is 16.7 Å². The fourth-order valence-corrected chi connectivity index (χ4v) is 3.91. The van der Waals surface area contributed by atoms with Gasteiger partial charge in [0, 0.05) is 24.2 Å². The van der Waals surface area contributed by atoms with Crippen LogP contribution in [0.4, 0.5) is 11.4 Å². The number of thiocarbonyl (C=S) groups is 1. The molecule has 0 fully saturated rings. The summed E-state index contributed by atoms with van der Waals surface area (Å²) >= 11 is 23.2. The average Bonchev–Trinajstić information content (AvgIpc) is 2.76. The van der Waals surface area contributed by atoms with Gasteiger partial charge in [0.25, 0.3) is 5.69 Å². The molecule has 0 saturated heterocycles. The minimum absolute atomic E-state index is 0.0433. The summed E-state index contributed by atoms with van der Waals surface area (Å²) in [4.78, 5) is 22.6. The maximum atomic E-state index is 12.3. The quantitative estimate of drug-likeness (QED) is 0.0493. The number of nitrogens with one attached hydrogen (secondary N) is 3. The molecule has 0 aliphatic rings. The third-order valence-electron chi connectivity index (χ3n) is 5.25. The van der Waals surface area contributed by atoms with E-state index in [0.29, 0.717) is 12.1 Å². The maximum absolute atomic E-state index is 12.3. The molecule has 3 N–H and O–H groups in total. The first-order valence-electron chi connectivity index (χ1n) is 11.8. The Hall–Kier alpha value is -1.35.